The predicted molar refractivity (Wildman–Crippen MR) is 104 cm³/mol. The molecule has 0 aliphatic carbocycles. The van der Waals surface area contributed by atoms with Crippen molar-refractivity contribution in [3.63, 3.8) is 0 Å². The summed E-state index contributed by atoms with van der Waals surface area (Å²) in [6.45, 7) is 3.14. The van der Waals surface area contributed by atoms with Gasteiger partial charge in [0.25, 0.3) is 5.91 Å². The molecule has 0 saturated heterocycles. The third-order valence-corrected chi connectivity index (χ3v) is 6.35. The molecule has 25 heavy (non-hydrogen) atoms. The van der Waals surface area contributed by atoms with Gasteiger partial charge in [-0.3, -0.25) is 4.79 Å². The van der Waals surface area contributed by atoms with Crippen LogP contribution >= 0.6 is 22.7 Å². The smallest absolute Gasteiger partial charge is 0.282 e. The fourth-order valence-corrected chi connectivity index (χ4v) is 4.97. The Bertz CT molecular complexity index is 791. The molecule has 5 heteroatoms. The van der Waals surface area contributed by atoms with E-state index in [1.165, 1.54) is 20.2 Å². The van der Waals surface area contributed by atoms with Crippen molar-refractivity contribution in [3.8, 4) is 0 Å². The Balaban J connectivity index is 1.49. The second kappa shape index (κ2) is 7.52. The Kier molecular flexibility index (Phi) is 4.97. The lowest BCUT2D eigenvalue weighted by Crippen LogP contribution is -3.10. The van der Waals surface area contributed by atoms with Crippen molar-refractivity contribution in [2.75, 3.05) is 18.0 Å². The number of nitrogens with one attached hydrogen (secondary N) is 1. The van der Waals surface area contributed by atoms with E-state index in [4.69, 9.17) is 0 Å². The van der Waals surface area contributed by atoms with Crippen LogP contribution in [0.2, 0.25) is 0 Å². The summed E-state index contributed by atoms with van der Waals surface area (Å²) in [7, 11) is 0. The highest BCUT2D eigenvalue weighted by Crippen LogP contribution is 2.27. The molecule has 0 radical (unpaired) electrons. The summed E-state index contributed by atoms with van der Waals surface area (Å²) in [6, 6.07) is 16.8. The molecular formula is C20H21N2OS2+. The van der Waals surface area contributed by atoms with Gasteiger partial charge in [-0.1, -0.05) is 30.3 Å². The number of anilines is 1. The number of benzene rings is 1. The number of para-hydroxylation sites is 1. The highest BCUT2D eigenvalue weighted by atomic mass is 32.1. The first-order valence-electron chi connectivity index (χ1n) is 8.56. The van der Waals surface area contributed by atoms with Gasteiger partial charge in [0.1, 0.15) is 13.1 Å². The van der Waals surface area contributed by atoms with Gasteiger partial charge < -0.3 is 9.80 Å². The van der Waals surface area contributed by atoms with Crippen LogP contribution in [0.15, 0.2) is 59.3 Å². The van der Waals surface area contributed by atoms with Crippen LogP contribution < -0.4 is 9.80 Å². The normalized spacial score (nSPS) is 13.4. The zero-order valence-electron chi connectivity index (χ0n) is 14.0. The first-order valence-corrected chi connectivity index (χ1v) is 10.3. The van der Waals surface area contributed by atoms with Crippen LogP contribution in [0, 0.1) is 0 Å². The standard InChI is InChI=1S/C20H20N2OS2/c23-20(22-10-9-16-5-1-2-8-19(16)22)15-21(13-17-6-3-11-24-17)14-18-7-4-12-25-18/h1-8,11-12H,9-10,13-15H2/p+1. The molecule has 4 rings (SSSR count). The molecule has 128 valence electrons. The van der Waals surface area contributed by atoms with E-state index in [-0.39, 0.29) is 5.91 Å². The van der Waals surface area contributed by atoms with Crippen molar-refractivity contribution in [3.05, 3.63) is 74.6 Å². The molecule has 1 N–H and O–H groups in total. The maximum Gasteiger partial charge on any atom is 0.282 e. The summed E-state index contributed by atoms with van der Waals surface area (Å²) in [5.74, 6) is 0.230. The summed E-state index contributed by atoms with van der Waals surface area (Å²) in [5, 5.41) is 4.22. The second-order valence-corrected chi connectivity index (χ2v) is 8.43. The Labute approximate surface area is 156 Å². The van der Waals surface area contributed by atoms with E-state index in [2.05, 4.69) is 53.2 Å². The van der Waals surface area contributed by atoms with E-state index in [0.717, 1.165) is 31.7 Å². The average molecular weight is 370 g/mol. The number of rotatable bonds is 6. The SMILES string of the molecule is O=C(C[NH+](Cc1cccs1)Cc1cccs1)N1CCc2ccccc21. The van der Waals surface area contributed by atoms with Gasteiger partial charge in [0.15, 0.2) is 6.54 Å². The summed E-state index contributed by atoms with van der Waals surface area (Å²) in [5.41, 5.74) is 2.38. The molecule has 0 fully saturated rings. The van der Waals surface area contributed by atoms with Crippen molar-refractivity contribution in [1.82, 2.24) is 0 Å². The maximum absolute atomic E-state index is 13.0. The molecule has 3 heterocycles. The van der Waals surface area contributed by atoms with Crippen LogP contribution in [0.25, 0.3) is 0 Å². The molecule has 1 aliphatic heterocycles. The lowest BCUT2D eigenvalue weighted by atomic mass is 10.2. The van der Waals surface area contributed by atoms with E-state index >= 15 is 0 Å². The average Bonchev–Trinajstić information content (AvgIpc) is 3.36. The molecule has 3 aromatic rings. The molecule has 1 aliphatic rings. The van der Waals surface area contributed by atoms with Crippen molar-refractivity contribution >= 4 is 34.3 Å². The molecule has 0 unspecified atom stereocenters. The first-order chi connectivity index (χ1) is 12.3. The van der Waals surface area contributed by atoms with Crippen LogP contribution in [0.4, 0.5) is 5.69 Å². The van der Waals surface area contributed by atoms with Crippen molar-refractivity contribution in [2.24, 2.45) is 0 Å². The number of carbonyl (C=O) groups excluding carboxylic acids is 1. The molecule has 0 saturated carbocycles. The van der Waals surface area contributed by atoms with Crippen molar-refractivity contribution < 1.29 is 9.69 Å². The van der Waals surface area contributed by atoms with Gasteiger partial charge in [-0.2, -0.15) is 0 Å². The zero-order chi connectivity index (χ0) is 17.1. The fourth-order valence-electron chi connectivity index (χ4n) is 3.41. The monoisotopic (exact) mass is 369 g/mol. The number of quaternary nitrogens is 1. The Morgan fingerprint density at radius 1 is 0.960 bits per heavy atom. The zero-order valence-corrected chi connectivity index (χ0v) is 15.6. The largest absolute Gasteiger partial charge is 0.318 e. The number of hydrogen-bond donors (Lipinski definition) is 1. The van der Waals surface area contributed by atoms with Crippen LogP contribution in [0.5, 0.6) is 0 Å². The highest BCUT2D eigenvalue weighted by molar-refractivity contribution is 7.10. The number of hydrogen-bond acceptors (Lipinski definition) is 3. The molecule has 0 atom stereocenters. The summed E-state index contributed by atoms with van der Waals surface area (Å²) in [4.78, 5) is 18.9. The van der Waals surface area contributed by atoms with Gasteiger partial charge in [-0.05, 0) is 40.9 Å². The van der Waals surface area contributed by atoms with Gasteiger partial charge in [-0.15, -0.1) is 22.7 Å². The first kappa shape index (κ1) is 16.5. The van der Waals surface area contributed by atoms with Crippen LogP contribution in [0.3, 0.4) is 0 Å². The fraction of sp³-hybridized carbons (Fsp3) is 0.250. The maximum atomic E-state index is 13.0. The van der Waals surface area contributed by atoms with Crippen molar-refractivity contribution in [1.29, 1.82) is 0 Å². The third-order valence-electron chi connectivity index (χ3n) is 4.60. The molecule has 1 aromatic carbocycles. The number of fused-ring (bicyclic) bond motifs is 1. The van der Waals surface area contributed by atoms with E-state index < -0.39 is 0 Å². The van der Waals surface area contributed by atoms with Gasteiger partial charge in [0.05, 0.1) is 9.75 Å². The topological polar surface area (TPSA) is 24.8 Å². The minimum Gasteiger partial charge on any atom is -0.318 e. The van der Waals surface area contributed by atoms with Gasteiger partial charge in [0, 0.05) is 12.2 Å². The Hall–Kier alpha value is -1.95. The second-order valence-electron chi connectivity index (χ2n) is 6.36. The minimum absolute atomic E-state index is 0.230. The molecule has 2 aromatic heterocycles. The lowest BCUT2D eigenvalue weighted by molar-refractivity contribution is -0.919. The molecular weight excluding hydrogens is 348 g/mol. The van der Waals surface area contributed by atoms with Crippen LogP contribution in [-0.4, -0.2) is 19.0 Å². The summed E-state index contributed by atoms with van der Waals surface area (Å²) < 4.78 is 0. The summed E-state index contributed by atoms with van der Waals surface area (Å²) >= 11 is 3.54. The van der Waals surface area contributed by atoms with E-state index in [9.17, 15) is 4.79 Å². The third kappa shape index (κ3) is 3.84. The molecule has 1 amide bonds. The molecule has 0 bridgehead atoms. The van der Waals surface area contributed by atoms with Crippen LogP contribution in [0.1, 0.15) is 15.3 Å². The Morgan fingerprint density at radius 3 is 2.28 bits per heavy atom. The van der Waals surface area contributed by atoms with Crippen LogP contribution in [-0.2, 0) is 24.3 Å². The van der Waals surface area contributed by atoms with E-state index in [0.29, 0.717) is 6.54 Å². The van der Waals surface area contributed by atoms with E-state index in [1.54, 1.807) is 22.7 Å². The molecule has 0 spiro atoms. The number of nitrogens with zero attached hydrogens (tertiary/aromatic N) is 1. The van der Waals surface area contributed by atoms with Gasteiger partial charge in [-0.25, -0.2) is 0 Å². The number of amides is 1. The van der Waals surface area contributed by atoms with Gasteiger partial charge >= 0.3 is 0 Å². The predicted octanol–water partition coefficient (Wildman–Crippen LogP) is 2.98. The molecule has 3 nitrogen and oxygen atoms in total. The highest BCUT2D eigenvalue weighted by Gasteiger charge is 2.27. The van der Waals surface area contributed by atoms with Gasteiger partial charge in [0.2, 0.25) is 0 Å². The number of thiophene rings is 2. The Morgan fingerprint density at radius 2 is 1.64 bits per heavy atom. The quantitative estimate of drug-likeness (QED) is 0.710. The minimum atomic E-state index is 0.230. The number of carbonyl (C=O) groups is 1. The van der Waals surface area contributed by atoms with E-state index in [1.807, 2.05) is 11.0 Å². The van der Waals surface area contributed by atoms with Crippen molar-refractivity contribution in [2.45, 2.75) is 19.5 Å². The summed E-state index contributed by atoms with van der Waals surface area (Å²) in [6.07, 6.45) is 0.965. The lowest BCUT2D eigenvalue weighted by Gasteiger charge is -2.22.